The van der Waals surface area contributed by atoms with Gasteiger partial charge in [-0.05, 0) is 56.7 Å². The molecular formula is C19H27NO4. The molecule has 0 radical (unpaired) electrons. The molecule has 0 aliphatic carbocycles. The van der Waals surface area contributed by atoms with Gasteiger partial charge in [0, 0.05) is 25.1 Å². The summed E-state index contributed by atoms with van der Waals surface area (Å²) in [4.78, 5) is 25.2. The Bertz CT molecular complexity index is 553. The van der Waals surface area contributed by atoms with E-state index in [1.807, 2.05) is 43.0 Å². The molecule has 5 nitrogen and oxygen atoms in total. The maximum Gasteiger partial charge on any atom is 0.303 e. The molecule has 1 fully saturated rings. The number of carboxylic acid groups (broad SMARTS) is 1. The standard InChI is InChI=1S/C19H27NO4/c1-14(2)24-13-16-5-8-17(9-6-16)19(23)20-11-3-4-15(12-20)7-10-18(21)22/h5-6,8-9,14-15H,3-4,7,10-13H2,1-2H3,(H,21,22). The van der Waals surface area contributed by atoms with E-state index in [0.717, 1.165) is 24.9 Å². The van der Waals surface area contributed by atoms with Gasteiger partial charge in [-0.1, -0.05) is 12.1 Å². The zero-order chi connectivity index (χ0) is 17.5. The molecule has 1 saturated heterocycles. The number of hydrogen-bond acceptors (Lipinski definition) is 3. The van der Waals surface area contributed by atoms with Crippen molar-refractivity contribution in [1.29, 1.82) is 0 Å². The van der Waals surface area contributed by atoms with E-state index in [-0.39, 0.29) is 24.3 Å². The highest BCUT2D eigenvalue weighted by Gasteiger charge is 2.24. The fourth-order valence-corrected chi connectivity index (χ4v) is 3.00. The van der Waals surface area contributed by atoms with Crippen LogP contribution in [-0.4, -0.2) is 41.1 Å². The maximum atomic E-state index is 12.6. The molecule has 1 aliphatic heterocycles. The Morgan fingerprint density at radius 3 is 2.62 bits per heavy atom. The predicted molar refractivity (Wildman–Crippen MR) is 91.9 cm³/mol. The number of ether oxygens (including phenoxy) is 1. The molecular weight excluding hydrogens is 306 g/mol. The number of hydrogen-bond donors (Lipinski definition) is 1. The van der Waals surface area contributed by atoms with Crippen molar-refractivity contribution in [2.24, 2.45) is 5.92 Å². The van der Waals surface area contributed by atoms with Crippen LogP contribution in [0.15, 0.2) is 24.3 Å². The fourth-order valence-electron chi connectivity index (χ4n) is 3.00. The summed E-state index contributed by atoms with van der Waals surface area (Å²) in [6.45, 7) is 5.95. The van der Waals surface area contributed by atoms with Gasteiger partial charge in [0.05, 0.1) is 12.7 Å². The summed E-state index contributed by atoms with van der Waals surface area (Å²) in [6, 6.07) is 7.56. The highest BCUT2D eigenvalue weighted by atomic mass is 16.5. The van der Waals surface area contributed by atoms with Crippen molar-refractivity contribution in [2.45, 2.75) is 52.2 Å². The SMILES string of the molecule is CC(C)OCc1ccc(C(=O)N2CCCC(CCC(=O)O)C2)cc1. The number of nitrogens with zero attached hydrogens (tertiary/aromatic N) is 1. The van der Waals surface area contributed by atoms with Crippen molar-refractivity contribution in [3.8, 4) is 0 Å². The number of rotatable bonds is 7. The van der Waals surface area contributed by atoms with Crippen molar-refractivity contribution in [3.05, 3.63) is 35.4 Å². The molecule has 1 N–H and O–H groups in total. The topological polar surface area (TPSA) is 66.8 Å². The van der Waals surface area contributed by atoms with Crippen LogP contribution < -0.4 is 0 Å². The maximum absolute atomic E-state index is 12.6. The summed E-state index contributed by atoms with van der Waals surface area (Å²) >= 11 is 0. The zero-order valence-corrected chi connectivity index (χ0v) is 14.5. The molecule has 24 heavy (non-hydrogen) atoms. The highest BCUT2D eigenvalue weighted by Crippen LogP contribution is 2.22. The third-order valence-electron chi connectivity index (χ3n) is 4.36. The van der Waals surface area contributed by atoms with E-state index in [1.54, 1.807) is 0 Å². The molecule has 2 rings (SSSR count). The van der Waals surface area contributed by atoms with Crippen LogP contribution in [0, 0.1) is 5.92 Å². The van der Waals surface area contributed by atoms with Crippen molar-refractivity contribution in [2.75, 3.05) is 13.1 Å². The number of carboxylic acids is 1. The average Bonchev–Trinajstić information content (AvgIpc) is 2.58. The Balaban J connectivity index is 1.91. The second-order valence-corrected chi connectivity index (χ2v) is 6.75. The highest BCUT2D eigenvalue weighted by molar-refractivity contribution is 5.94. The summed E-state index contributed by atoms with van der Waals surface area (Å²) in [5, 5.41) is 8.81. The van der Waals surface area contributed by atoms with E-state index in [4.69, 9.17) is 9.84 Å². The second-order valence-electron chi connectivity index (χ2n) is 6.75. The lowest BCUT2D eigenvalue weighted by atomic mass is 9.93. The van der Waals surface area contributed by atoms with Crippen LogP contribution in [0.25, 0.3) is 0 Å². The number of benzene rings is 1. The minimum atomic E-state index is -0.766. The summed E-state index contributed by atoms with van der Waals surface area (Å²) in [5.74, 6) is -0.443. The first-order chi connectivity index (χ1) is 11.5. The van der Waals surface area contributed by atoms with E-state index in [2.05, 4.69) is 0 Å². The van der Waals surface area contributed by atoms with E-state index >= 15 is 0 Å². The number of carbonyl (C=O) groups excluding carboxylic acids is 1. The molecule has 0 saturated carbocycles. The van der Waals surface area contributed by atoms with Crippen LogP contribution in [-0.2, 0) is 16.1 Å². The molecule has 132 valence electrons. The van der Waals surface area contributed by atoms with E-state index in [9.17, 15) is 9.59 Å². The summed E-state index contributed by atoms with van der Waals surface area (Å²) in [7, 11) is 0. The van der Waals surface area contributed by atoms with Crippen molar-refractivity contribution in [1.82, 2.24) is 4.90 Å². The molecule has 1 amide bonds. The van der Waals surface area contributed by atoms with Crippen LogP contribution in [0.4, 0.5) is 0 Å². The molecule has 1 aliphatic rings. The number of aliphatic carboxylic acids is 1. The molecule has 0 spiro atoms. The van der Waals surface area contributed by atoms with Crippen LogP contribution >= 0.6 is 0 Å². The number of likely N-dealkylation sites (tertiary alicyclic amines) is 1. The molecule has 1 aromatic carbocycles. The molecule has 1 unspecified atom stereocenters. The van der Waals surface area contributed by atoms with Gasteiger partial charge in [0.15, 0.2) is 0 Å². The Morgan fingerprint density at radius 1 is 1.29 bits per heavy atom. The van der Waals surface area contributed by atoms with Gasteiger partial charge in [-0.3, -0.25) is 9.59 Å². The van der Waals surface area contributed by atoms with Crippen LogP contribution in [0.5, 0.6) is 0 Å². The number of piperidine rings is 1. The summed E-state index contributed by atoms with van der Waals surface area (Å²) in [6.07, 6.45) is 2.95. The number of amides is 1. The summed E-state index contributed by atoms with van der Waals surface area (Å²) < 4.78 is 5.56. The molecule has 1 aromatic rings. The Labute approximate surface area is 143 Å². The third-order valence-corrected chi connectivity index (χ3v) is 4.36. The minimum Gasteiger partial charge on any atom is -0.481 e. The Morgan fingerprint density at radius 2 is 2.00 bits per heavy atom. The quantitative estimate of drug-likeness (QED) is 0.831. The lowest BCUT2D eigenvalue weighted by molar-refractivity contribution is -0.137. The van der Waals surface area contributed by atoms with Crippen LogP contribution in [0.2, 0.25) is 0 Å². The minimum absolute atomic E-state index is 0.0337. The van der Waals surface area contributed by atoms with Crippen LogP contribution in [0.3, 0.4) is 0 Å². The zero-order valence-electron chi connectivity index (χ0n) is 14.5. The van der Waals surface area contributed by atoms with Crippen LogP contribution in [0.1, 0.15) is 55.5 Å². The van der Waals surface area contributed by atoms with Gasteiger partial charge in [-0.2, -0.15) is 0 Å². The van der Waals surface area contributed by atoms with Gasteiger partial charge < -0.3 is 14.7 Å². The Kier molecular flexibility index (Phi) is 6.79. The summed E-state index contributed by atoms with van der Waals surface area (Å²) in [5.41, 5.74) is 1.74. The molecule has 5 heteroatoms. The van der Waals surface area contributed by atoms with E-state index < -0.39 is 5.97 Å². The van der Waals surface area contributed by atoms with E-state index in [1.165, 1.54) is 0 Å². The second kappa shape index (κ2) is 8.83. The van der Waals surface area contributed by atoms with Gasteiger partial charge in [0.2, 0.25) is 0 Å². The van der Waals surface area contributed by atoms with Gasteiger partial charge in [-0.25, -0.2) is 0 Å². The average molecular weight is 333 g/mol. The first kappa shape index (κ1) is 18.5. The fraction of sp³-hybridized carbons (Fsp3) is 0.579. The monoisotopic (exact) mass is 333 g/mol. The predicted octanol–water partition coefficient (Wildman–Crippen LogP) is 3.33. The Hall–Kier alpha value is -1.88. The van der Waals surface area contributed by atoms with Gasteiger partial charge >= 0.3 is 5.97 Å². The van der Waals surface area contributed by atoms with Crippen molar-refractivity contribution in [3.63, 3.8) is 0 Å². The largest absolute Gasteiger partial charge is 0.481 e. The lowest BCUT2D eigenvalue weighted by Crippen LogP contribution is -2.40. The smallest absolute Gasteiger partial charge is 0.303 e. The van der Waals surface area contributed by atoms with E-state index in [0.29, 0.717) is 25.1 Å². The van der Waals surface area contributed by atoms with Crippen molar-refractivity contribution < 1.29 is 19.4 Å². The first-order valence-corrected chi connectivity index (χ1v) is 8.67. The van der Waals surface area contributed by atoms with Crippen molar-refractivity contribution >= 4 is 11.9 Å². The lowest BCUT2D eigenvalue weighted by Gasteiger charge is -2.32. The molecule has 1 heterocycles. The molecule has 0 aromatic heterocycles. The number of carbonyl (C=O) groups is 2. The van der Waals surface area contributed by atoms with Gasteiger partial charge in [0.1, 0.15) is 0 Å². The first-order valence-electron chi connectivity index (χ1n) is 8.67. The molecule has 0 bridgehead atoms. The van der Waals surface area contributed by atoms with Gasteiger partial charge in [-0.15, -0.1) is 0 Å². The van der Waals surface area contributed by atoms with Gasteiger partial charge in [0.25, 0.3) is 5.91 Å². The third kappa shape index (κ3) is 5.64. The molecule has 1 atom stereocenters. The normalized spacial score (nSPS) is 18.0.